The number of rotatable bonds is 8. The SMILES string of the molecule is CCC(C)[C@H](NC(=O)CC(C)C)C(=O)NCC(C)=O. The molecule has 0 spiro atoms. The second-order valence-corrected chi connectivity index (χ2v) is 5.45. The summed E-state index contributed by atoms with van der Waals surface area (Å²) in [6, 6.07) is -0.574. The molecule has 2 N–H and O–H groups in total. The molecule has 0 fully saturated rings. The normalized spacial score (nSPS) is 13.8. The molecule has 0 bridgehead atoms. The lowest BCUT2D eigenvalue weighted by Crippen LogP contribution is -2.51. The van der Waals surface area contributed by atoms with Crippen LogP contribution >= 0.6 is 0 Å². The van der Waals surface area contributed by atoms with E-state index in [-0.39, 0.29) is 36.0 Å². The molecule has 0 rings (SSSR count). The van der Waals surface area contributed by atoms with E-state index < -0.39 is 6.04 Å². The van der Waals surface area contributed by atoms with E-state index >= 15 is 0 Å². The van der Waals surface area contributed by atoms with Crippen molar-refractivity contribution in [3.05, 3.63) is 0 Å². The maximum absolute atomic E-state index is 12.0. The summed E-state index contributed by atoms with van der Waals surface area (Å²) in [5.41, 5.74) is 0. The van der Waals surface area contributed by atoms with Gasteiger partial charge in [-0.2, -0.15) is 0 Å². The Hall–Kier alpha value is -1.39. The average molecular weight is 270 g/mol. The highest BCUT2D eigenvalue weighted by Crippen LogP contribution is 2.09. The van der Waals surface area contributed by atoms with Gasteiger partial charge in [0.05, 0.1) is 6.54 Å². The van der Waals surface area contributed by atoms with Gasteiger partial charge in [0, 0.05) is 6.42 Å². The largest absolute Gasteiger partial charge is 0.347 e. The molecular weight excluding hydrogens is 244 g/mol. The Bertz CT molecular complexity index is 327. The van der Waals surface area contributed by atoms with Crippen molar-refractivity contribution in [1.82, 2.24) is 10.6 Å². The van der Waals surface area contributed by atoms with Crippen LogP contribution in [0.25, 0.3) is 0 Å². The third-order valence-electron chi connectivity index (χ3n) is 2.92. The maximum atomic E-state index is 12.0. The molecule has 1 unspecified atom stereocenters. The average Bonchev–Trinajstić information content (AvgIpc) is 2.31. The number of hydrogen-bond acceptors (Lipinski definition) is 3. The summed E-state index contributed by atoms with van der Waals surface area (Å²) in [6.07, 6.45) is 1.17. The zero-order chi connectivity index (χ0) is 15.0. The predicted octanol–water partition coefficient (Wildman–Crippen LogP) is 1.27. The topological polar surface area (TPSA) is 75.3 Å². The standard InChI is InChI=1S/C14H26N2O3/c1-6-10(4)13(14(19)15-8-11(5)17)16-12(18)7-9(2)3/h9-10,13H,6-8H2,1-5H3,(H,15,19)(H,16,18)/t10?,13-/m0/s1. The van der Waals surface area contributed by atoms with Crippen LogP contribution in [-0.2, 0) is 14.4 Å². The van der Waals surface area contributed by atoms with Gasteiger partial charge >= 0.3 is 0 Å². The number of ketones is 1. The fraction of sp³-hybridized carbons (Fsp3) is 0.786. The van der Waals surface area contributed by atoms with Gasteiger partial charge in [-0.3, -0.25) is 14.4 Å². The molecule has 0 saturated carbocycles. The van der Waals surface area contributed by atoms with Crippen molar-refractivity contribution < 1.29 is 14.4 Å². The van der Waals surface area contributed by atoms with Crippen LogP contribution in [0.4, 0.5) is 0 Å². The minimum atomic E-state index is -0.574. The Morgan fingerprint density at radius 3 is 2.11 bits per heavy atom. The second-order valence-electron chi connectivity index (χ2n) is 5.45. The molecule has 19 heavy (non-hydrogen) atoms. The Morgan fingerprint density at radius 1 is 1.11 bits per heavy atom. The molecule has 0 aliphatic rings. The summed E-state index contributed by atoms with van der Waals surface area (Å²) in [6.45, 7) is 9.20. The Morgan fingerprint density at radius 2 is 1.68 bits per heavy atom. The van der Waals surface area contributed by atoms with Gasteiger partial charge in [-0.15, -0.1) is 0 Å². The Balaban J connectivity index is 4.58. The van der Waals surface area contributed by atoms with Crippen LogP contribution in [0.3, 0.4) is 0 Å². The third kappa shape index (κ3) is 7.59. The zero-order valence-corrected chi connectivity index (χ0v) is 12.6. The van der Waals surface area contributed by atoms with Crippen LogP contribution < -0.4 is 10.6 Å². The molecule has 0 heterocycles. The summed E-state index contributed by atoms with van der Waals surface area (Å²) in [4.78, 5) is 34.6. The van der Waals surface area contributed by atoms with E-state index in [1.54, 1.807) is 0 Å². The molecule has 2 atom stereocenters. The van der Waals surface area contributed by atoms with Crippen LogP contribution in [0.2, 0.25) is 0 Å². The van der Waals surface area contributed by atoms with Crippen molar-refractivity contribution in [2.75, 3.05) is 6.54 Å². The molecule has 0 aliphatic carbocycles. The minimum Gasteiger partial charge on any atom is -0.347 e. The van der Waals surface area contributed by atoms with Gasteiger partial charge in [0.25, 0.3) is 0 Å². The number of carbonyl (C=O) groups excluding carboxylic acids is 3. The van der Waals surface area contributed by atoms with Gasteiger partial charge in [0.2, 0.25) is 11.8 Å². The number of hydrogen-bond donors (Lipinski definition) is 2. The highest BCUT2D eigenvalue weighted by atomic mass is 16.2. The van der Waals surface area contributed by atoms with Gasteiger partial charge in [0.1, 0.15) is 11.8 Å². The highest BCUT2D eigenvalue weighted by Gasteiger charge is 2.25. The van der Waals surface area contributed by atoms with E-state index in [1.165, 1.54) is 6.92 Å². The van der Waals surface area contributed by atoms with E-state index in [2.05, 4.69) is 10.6 Å². The van der Waals surface area contributed by atoms with Gasteiger partial charge in [0.15, 0.2) is 0 Å². The molecule has 2 amide bonds. The summed E-state index contributed by atoms with van der Waals surface area (Å²) in [5.74, 6) is -0.245. The fourth-order valence-corrected chi connectivity index (χ4v) is 1.63. The molecule has 0 aliphatic heterocycles. The quantitative estimate of drug-likeness (QED) is 0.697. The fourth-order valence-electron chi connectivity index (χ4n) is 1.63. The first-order valence-corrected chi connectivity index (χ1v) is 6.84. The number of amides is 2. The van der Waals surface area contributed by atoms with E-state index in [9.17, 15) is 14.4 Å². The minimum absolute atomic E-state index is 0.00577. The Kier molecular flexibility index (Phi) is 8.03. The number of Topliss-reactive ketones (excluding diaryl/α,β-unsaturated/α-hetero) is 1. The van der Waals surface area contributed by atoms with E-state index in [4.69, 9.17) is 0 Å². The molecule has 5 nitrogen and oxygen atoms in total. The highest BCUT2D eigenvalue weighted by molar-refractivity contribution is 5.90. The van der Waals surface area contributed by atoms with Gasteiger partial charge in [-0.1, -0.05) is 34.1 Å². The van der Waals surface area contributed by atoms with Crippen molar-refractivity contribution in [1.29, 1.82) is 0 Å². The van der Waals surface area contributed by atoms with Crippen LogP contribution in [0.5, 0.6) is 0 Å². The molecule has 110 valence electrons. The lowest BCUT2D eigenvalue weighted by molar-refractivity contribution is -0.131. The molecule has 0 saturated heterocycles. The van der Waals surface area contributed by atoms with Gasteiger partial charge in [-0.25, -0.2) is 0 Å². The van der Waals surface area contributed by atoms with Crippen LogP contribution in [0, 0.1) is 11.8 Å². The van der Waals surface area contributed by atoms with Gasteiger partial charge < -0.3 is 10.6 Å². The lowest BCUT2D eigenvalue weighted by Gasteiger charge is -2.23. The van der Waals surface area contributed by atoms with Crippen molar-refractivity contribution >= 4 is 17.6 Å². The molecule has 0 radical (unpaired) electrons. The summed E-state index contributed by atoms with van der Waals surface area (Å²) < 4.78 is 0. The predicted molar refractivity (Wildman–Crippen MR) is 74.5 cm³/mol. The van der Waals surface area contributed by atoms with Crippen LogP contribution in [0.15, 0.2) is 0 Å². The molecule has 0 aromatic carbocycles. The van der Waals surface area contributed by atoms with E-state index in [1.807, 2.05) is 27.7 Å². The summed E-state index contributed by atoms with van der Waals surface area (Å²) in [7, 11) is 0. The van der Waals surface area contributed by atoms with Crippen LogP contribution in [0.1, 0.15) is 47.5 Å². The Labute approximate surface area is 115 Å². The molecule has 0 aromatic heterocycles. The first-order valence-electron chi connectivity index (χ1n) is 6.84. The maximum Gasteiger partial charge on any atom is 0.243 e. The first kappa shape index (κ1) is 17.6. The monoisotopic (exact) mass is 270 g/mol. The lowest BCUT2D eigenvalue weighted by atomic mass is 9.97. The van der Waals surface area contributed by atoms with Crippen molar-refractivity contribution in [3.8, 4) is 0 Å². The number of carbonyl (C=O) groups is 3. The summed E-state index contributed by atoms with van der Waals surface area (Å²) >= 11 is 0. The van der Waals surface area contributed by atoms with Crippen LogP contribution in [-0.4, -0.2) is 30.2 Å². The zero-order valence-electron chi connectivity index (χ0n) is 12.6. The van der Waals surface area contributed by atoms with E-state index in [0.717, 1.165) is 6.42 Å². The van der Waals surface area contributed by atoms with Gasteiger partial charge in [-0.05, 0) is 18.8 Å². The molecule has 0 aromatic rings. The van der Waals surface area contributed by atoms with Crippen molar-refractivity contribution in [2.24, 2.45) is 11.8 Å². The summed E-state index contributed by atoms with van der Waals surface area (Å²) in [5, 5.41) is 5.31. The van der Waals surface area contributed by atoms with E-state index in [0.29, 0.717) is 6.42 Å². The van der Waals surface area contributed by atoms with Crippen molar-refractivity contribution in [3.63, 3.8) is 0 Å². The third-order valence-corrected chi connectivity index (χ3v) is 2.92. The van der Waals surface area contributed by atoms with Crippen molar-refractivity contribution in [2.45, 2.75) is 53.5 Å². The first-order chi connectivity index (χ1) is 8.77. The second kappa shape index (κ2) is 8.67. The smallest absolute Gasteiger partial charge is 0.243 e. The molecule has 5 heteroatoms. The molecular formula is C14H26N2O3. The number of nitrogens with one attached hydrogen (secondary N) is 2.